The summed E-state index contributed by atoms with van der Waals surface area (Å²) in [5.41, 5.74) is -0.0738. The Morgan fingerprint density at radius 3 is 2.42 bits per heavy atom. The number of imide groups is 1. The molecule has 3 aromatic rings. The number of nitro benzene ring substituents is 1. The molecule has 2 amide bonds. The Kier molecular flexibility index (Phi) is 5.60. The minimum absolute atomic E-state index is 0.0426. The van der Waals surface area contributed by atoms with Crippen LogP contribution in [0.1, 0.15) is 31.8 Å². The number of nitrogens with zero attached hydrogens (tertiary/aromatic N) is 3. The molecule has 0 aromatic heterocycles. The number of carboxylic acids is 1. The fourth-order valence-electron chi connectivity index (χ4n) is 3.49. The molecule has 9 nitrogen and oxygen atoms in total. The maximum atomic E-state index is 13.5. The maximum absolute atomic E-state index is 13.5. The van der Waals surface area contributed by atoms with Crippen molar-refractivity contribution < 1.29 is 24.4 Å². The normalized spacial score (nSPS) is 13.8. The average molecular weight is 508 g/mol. The van der Waals surface area contributed by atoms with Gasteiger partial charge >= 0.3 is 5.97 Å². The van der Waals surface area contributed by atoms with Gasteiger partial charge in [-0.15, -0.1) is 0 Å². The highest BCUT2D eigenvalue weighted by Crippen LogP contribution is 2.36. The van der Waals surface area contributed by atoms with Crippen molar-refractivity contribution in [1.29, 1.82) is 0 Å². The summed E-state index contributed by atoms with van der Waals surface area (Å²) in [5.74, 6) is -3.47. The van der Waals surface area contributed by atoms with Crippen LogP contribution in [0.15, 0.2) is 70.1 Å². The van der Waals surface area contributed by atoms with Crippen molar-refractivity contribution in [3.63, 3.8) is 0 Å². The van der Waals surface area contributed by atoms with Gasteiger partial charge in [0.05, 0.1) is 21.9 Å². The number of aromatic carboxylic acids is 1. The van der Waals surface area contributed by atoms with Crippen molar-refractivity contribution >= 4 is 56.5 Å². The van der Waals surface area contributed by atoms with Gasteiger partial charge in [0.15, 0.2) is 0 Å². The standard InChI is InChI=1S/C23H14BrN3O6/c1-12-5-8-14(9-6-12)25-20-16-11-13(24)7-10-17(16)26(22(20)29)21(28)19-15(23(30)31)3-2-4-18(19)27(32)33/h2-11H,1H3,(H,30,31). The smallest absolute Gasteiger partial charge is 0.336 e. The van der Waals surface area contributed by atoms with Crippen LogP contribution in [0.5, 0.6) is 0 Å². The summed E-state index contributed by atoms with van der Waals surface area (Å²) in [5, 5.41) is 21.1. The molecule has 4 rings (SSSR count). The van der Waals surface area contributed by atoms with E-state index in [0.29, 0.717) is 15.7 Å². The van der Waals surface area contributed by atoms with Crippen LogP contribution in [0.3, 0.4) is 0 Å². The minimum atomic E-state index is -1.53. The Hall–Kier alpha value is -4.18. The summed E-state index contributed by atoms with van der Waals surface area (Å²) in [6, 6.07) is 15.0. The van der Waals surface area contributed by atoms with Crippen LogP contribution in [0.4, 0.5) is 17.1 Å². The topological polar surface area (TPSA) is 130 Å². The number of carbonyl (C=O) groups excluding carboxylic acids is 2. The van der Waals surface area contributed by atoms with E-state index in [9.17, 15) is 29.6 Å². The summed E-state index contributed by atoms with van der Waals surface area (Å²) in [6.07, 6.45) is 0. The molecule has 0 unspecified atom stereocenters. The second-order valence-electron chi connectivity index (χ2n) is 7.17. The summed E-state index contributed by atoms with van der Waals surface area (Å²) in [4.78, 5) is 54.4. The Balaban J connectivity index is 1.91. The molecule has 0 aliphatic carbocycles. The minimum Gasteiger partial charge on any atom is -0.478 e. The molecule has 1 heterocycles. The summed E-state index contributed by atoms with van der Waals surface area (Å²) < 4.78 is 0.622. The van der Waals surface area contributed by atoms with Gasteiger partial charge in [-0.1, -0.05) is 39.7 Å². The number of fused-ring (bicyclic) bond motifs is 1. The van der Waals surface area contributed by atoms with E-state index in [1.807, 2.05) is 19.1 Å². The van der Waals surface area contributed by atoms with Crippen molar-refractivity contribution in [2.75, 3.05) is 4.90 Å². The molecule has 1 N–H and O–H groups in total. The lowest BCUT2D eigenvalue weighted by molar-refractivity contribution is -0.385. The van der Waals surface area contributed by atoms with Gasteiger partial charge in [0, 0.05) is 16.1 Å². The van der Waals surface area contributed by atoms with Crippen molar-refractivity contribution in [1.82, 2.24) is 0 Å². The molecular weight excluding hydrogens is 494 g/mol. The highest BCUT2D eigenvalue weighted by Gasteiger charge is 2.42. The van der Waals surface area contributed by atoms with E-state index < -0.39 is 39.5 Å². The van der Waals surface area contributed by atoms with Gasteiger partial charge < -0.3 is 5.11 Å². The molecule has 33 heavy (non-hydrogen) atoms. The van der Waals surface area contributed by atoms with Crippen molar-refractivity contribution in [3.05, 3.63) is 97.5 Å². The predicted octanol–water partition coefficient (Wildman–Crippen LogP) is 4.67. The Bertz CT molecular complexity index is 1350. The zero-order chi connectivity index (χ0) is 23.9. The molecule has 0 saturated heterocycles. The van der Waals surface area contributed by atoms with E-state index in [0.717, 1.165) is 22.6 Å². The lowest BCUT2D eigenvalue weighted by Gasteiger charge is -2.16. The molecular formula is C23H14BrN3O6. The Morgan fingerprint density at radius 2 is 1.79 bits per heavy atom. The van der Waals surface area contributed by atoms with E-state index in [2.05, 4.69) is 20.9 Å². The van der Waals surface area contributed by atoms with Crippen molar-refractivity contribution in [2.45, 2.75) is 6.92 Å². The van der Waals surface area contributed by atoms with Crippen molar-refractivity contribution in [2.24, 2.45) is 4.99 Å². The van der Waals surface area contributed by atoms with E-state index in [1.54, 1.807) is 24.3 Å². The average Bonchev–Trinajstić information content (AvgIpc) is 3.04. The van der Waals surface area contributed by atoms with Crippen LogP contribution in [-0.2, 0) is 4.79 Å². The largest absolute Gasteiger partial charge is 0.478 e. The Morgan fingerprint density at radius 1 is 1.09 bits per heavy atom. The van der Waals surface area contributed by atoms with Gasteiger partial charge in [-0.3, -0.25) is 19.7 Å². The van der Waals surface area contributed by atoms with Crippen LogP contribution < -0.4 is 4.90 Å². The number of halogens is 1. The molecule has 0 spiro atoms. The number of rotatable bonds is 4. The second-order valence-corrected chi connectivity index (χ2v) is 8.08. The molecule has 1 aliphatic rings. The number of benzene rings is 3. The summed E-state index contributed by atoms with van der Waals surface area (Å²) >= 11 is 3.33. The number of carboxylic acid groups (broad SMARTS) is 1. The van der Waals surface area contributed by atoms with Crippen molar-refractivity contribution in [3.8, 4) is 0 Å². The molecule has 0 radical (unpaired) electrons. The lowest BCUT2D eigenvalue weighted by atomic mass is 10.0. The second kappa shape index (κ2) is 8.40. The monoisotopic (exact) mass is 507 g/mol. The quantitative estimate of drug-likeness (QED) is 0.310. The summed E-state index contributed by atoms with van der Waals surface area (Å²) in [7, 11) is 0. The molecule has 0 atom stereocenters. The molecule has 0 bridgehead atoms. The zero-order valence-corrected chi connectivity index (χ0v) is 18.6. The number of hydrogen-bond acceptors (Lipinski definition) is 6. The van der Waals surface area contributed by atoms with Gasteiger partial charge in [-0.25, -0.2) is 14.7 Å². The highest BCUT2D eigenvalue weighted by atomic mass is 79.9. The fraction of sp³-hybridized carbons (Fsp3) is 0.0435. The first-order chi connectivity index (χ1) is 15.7. The molecule has 1 aliphatic heterocycles. The first-order valence-electron chi connectivity index (χ1n) is 9.54. The van der Waals surface area contributed by atoms with Gasteiger partial charge in [-0.2, -0.15) is 0 Å². The summed E-state index contributed by atoms with van der Waals surface area (Å²) in [6.45, 7) is 1.90. The first-order valence-corrected chi connectivity index (χ1v) is 10.3. The van der Waals surface area contributed by atoms with Crippen LogP contribution in [0, 0.1) is 17.0 Å². The van der Waals surface area contributed by atoms with E-state index in [4.69, 9.17) is 0 Å². The third kappa shape index (κ3) is 3.92. The zero-order valence-electron chi connectivity index (χ0n) is 17.0. The first kappa shape index (κ1) is 22.0. The lowest BCUT2D eigenvalue weighted by Crippen LogP contribution is -2.37. The predicted molar refractivity (Wildman–Crippen MR) is 123 cm³/mol. The number of nitro groups is 1. The SMILES string of the molecule is Cc1ccc(N=C2C(=O)N(C(=O)c3c(C(=O)O)cccc3[N+](=O)[O-])c3ccc(Br)cc32)cc1. The van der Waals surface area contributed by atoms with Crippen LogP contribution in [0.25, 0.3) is 0 Å². The number of anilines is 1. The van der Waals surface area contributed by atoms with E-state index in [-0.39, 0.29) is 11.4 Å². The maximum Gasteiger partial charge on any atom is 0.336 e. The fourth-order valence-corrected chi connectivity index (χ4v) is 3.85. The van der Waals surface area contributed by atoms with E-state index >= 15 is 0 Å². The number of aryl methyl sites for hydroxylation is 1. The Labute approximate surface area is 195 Å². The van der Waals surface area contributed by atoms with Gasteiger partial charge in [0.2, 0.25) is 0 Å². The third-order valence-corrected chi connectivity index (χ3v) is 5.51. The molecule has 3 aromatic carbocycles. The number of aliphatic imine (C=N–C) groups is 1. The van der Waals surface area contributed by atoms with Gasteiger partial charge in [0.1, 0.15) is 11.3 Å². The molecule has 10 heteroatoms. The third-order valence-electron chi connectivity index (χ3n) is 5.02. The number of carbonyl (C=O) groups is 3. The molecule has 0 fully saturated rings. The molecule has 164 valence electrons. The molecule has 0 saturated carbocycles. The number of hydrogen-bond donors (Lipinski definition) is 1. The van der Waals surface area contributed by atoms with E-state index in [1.165, 1.54) is 12.1 Å². The van der Waals surface area contributed by atoms with Crippen LogP contribution in [-0.4, -0.2) is 33.5 Å². The highest BCUT2D eigenvalue weighted by molar-refractivity contribution is 9.10. The van der Waals surface area contributed by atoms with Gasteiger partial charge in [-0.05, 0) is 43.3 Å². The van der Waals surface area contributed by atoms with Crippen LogP contribution in [0.2, 0.25) is 0 Å². The van der Waals surface area contributed by atoms with Gasteiger partial charge in [0.25, 0.3) is 17.5 Å². The van der Waals surface area contributed by atoms with Crippen LogP contribution >= 0.6 is 15.9 Å². The number of amides is 2.